The molecule has 0 aliphatic heterocycles. The average molecular weight is 461 g/mol. The summed E-state index contributed by atoms with van der Waals surface area (Å²) in [5, 5.41) is 17.6. The number of carbonyl (C=O) groups is 2. The lowest BCUT2D eigenvalue weighted by atomic mass is 9.51. The quantitative estimate of drug-likeness (QED) is 0.554. The Balaban J connectivity index is 1.64. The molecule has 7 unspecified atom stereocenters. The highest BCUT2D eigenvalue weighted by Crippen LogP contribution is 2.55. The zero-order chi connectivity index (χ0) is 24.2. The van der Waals surface area contributed by atoms with Crippen LogP contribution >= 0.6 is 0 Å². The highest BCUT2D eigenvalue weighted by atomic mass is 16.5. The summed E-state index contributed by atoms with van der Waals surface area (Å²) in [4.78, 5) is 25.1. The molecule has 0 heterocycles. The molecule has 0 bridgehead atoms. The van der Waals surface area contributed by atoms with Crippen molar-refractivity contribution < 1.29 is 24.2 Å². The molecule has 7 nitrogen and oxygen atoms in total. The molecule has 2 saturated carbocycles. The van der Waals surface area contributed by atoms with Crippen LogP contribution in [0, 0.1) is 29.1 Å². The van der Waals surface area contributed by atoms with Gasteiger partial charge in [0.25, 0.3) is 0 Å². The van der Waals surface area contributed by atoms with Gasteiger partial charge in [0.2, 0.25) is 11.8 Å². The molecule has 2 aliphatic carbocycles. The van der Waals surface area contributed by atoms with Crippen LogP contribution in [0.15, 0.2) is 24.3 Å². The van der Waals surface area contributed by atoms with Gasteiger partial charge in [-0.3, -0.25) is 9.59 Å². The molecule has 2 aliphatic rings. The summed E-state index contributed by atoms with van der Waals surface area (Å²) in [5.41, 5.74) is 1.03. The normalized spacial score (nSPS) is 32.4. The number of amides is 2. The molecule has 1 aromatic carbocycles. The minimum absolute atomic E-state index is 0.0123. The predicted octanol–water partition coefficient (Wildman–Crippen LogP) is 2.90. The second-order valence-electron chi connectivity index (χ2n) is 10.2. The van der Waals surface area contributed by atoms with E-state index >= 15 is 0 Å². The van der Waals surface area contributed by atoms with Crippen LogP contribution < -0.4 is 15.4 Å². The van der Waals surface area contributed by atoms with E-state index in [0.29, 0.717) is 6.54 Å². The van der Waals surface area contributed by atoms with Gasteiger partial charge in [0, 0.05) is 25.6 Å². The number of ether oxygens (including phenoxy) is 2. The van der Waals surface area contributed by atoms with Gasteiger partial charge in [0.15, 0.2) is 0 Å². The number of aliphatic hydroxyl groups excluding tert-OH is 1. The first-order chi connectivity index (χ1) is 15.7. The summed E-state index contributed by atoms with van der Waals surface area (Å²) < 4.78 is 10.1. The molecule has 0 aromatic heterocycles. The summed E-state index contributed by atoms with van der Waals surface area (Å²) in [6.45, 7) is 6.79. The fourth-order valence-electron chi connectivity index (χ4n) is 6.17. The molecule has 184 valence electrons. The SMILES string of the molecule is COCC(=O)NC1CCC2(C)CCC(C(C)C(=O)NCc3ccc(OC)cc3)C(O)C2C1C. The summed E-state index contributed by atoms with van der Waals surface area (Å²) in [6.07, 6.45) is 3.10. The number of carbonyl (C=O) groups excluding carboxylic acids is 2. The van der Waals surface area contributed by atoms with Gasteiger partial charge in [-0.1, -0.05) is 32.9 Å². The minimum Gasteiger partial charge on any atom is -0.497 e. The number of methoxy groups -OCH3 is 2. The van der Waals surface area contributed by atoms with Crippen molar-refractivity contribution >= 4 is 11.8 Å². The Morgan fingerprint density at radius 3 is 2.48 bits per heavy atom. The zero-order valence-corrected chi connectivity index (χ0v) is 20.6. The standard InChI is InChI=1S/C26H40N2O5/c1-16(25(31)27-14-18-6-8-19(33-5)9-7-18)20-10-12-26(3)13-11-21(28-22(29)15-32-4)17(2)23(26)24(20)30/h6-9,16-17,20-21,23-24,30H,10-15H2,1-5H3,(H,27,31)(H,28,29). The molecule has 0 saturated heterocycles. The van der Waals surface area contributed by atoms with Crippen molar-refractivity contribution in [3.63, 3.8) is 0 Å². The van der Waals surface area contributed by atoms with Crippen molar-refractivity contribution in [1.82, 2.24) is 10.6 Å². The van der Waals surface area contributed by atoms with Crippen molar-refractivity contribution in [2.24, 2.45) is 29.1 Å². The molecule has 3 N–H and O–H groups in total. The van der Waals surface area contributed by atoms with Crippen LogP contribution in [0.3, 0.4) is 0 Å². The van der Waals surface area contributed by atoms with Gasteiger partial charge in [0.1, 0.15) is 12.4 Å². The number of aliphatic hydroxyl groups is 1. The largest absolute Gasteiger partial charge is 0.497 e. The van der Waals surface area contributed by atoms with E-state index in [2.05, 4.69) is 24.5 Å². The van der Waals surface area contributed by atoms with Crippen LogP contribution in [0.25, 0.3) is 0 Å². The van der Waals surface area contributed by atoms with Crippen LogP contribution in [0.2, 0.25) is 0 Å². The second kappa shape index (κ2) is 10.9. The summed E-state index contributed by atoms with van der Waals surface area (Å²) in [6, 6.07) is 7.64. The average Bonchev–Trinajstić information content (AvgIpc) is 2.79. The van der Waals surface area contributed by atoms with Crippen molar-refractivity contribution in [2.45, 2.75) is 65.1 Å². The van der Waals surface area contributed by atoms with E-state index in [4.69, 9.17) is 9.47 Å². The molecule has 3 rings (SSSR count). The molecule has 7 heteroatoms. The van der Waals surface area contributed by atoms with Gasteiger partial charge in [-0.15, -0.1) is 0 Å². The van der Waals surface area contributed by atoms with E-state index in [9.17, 15) is 14.7 Å². The van der Waals surface area contributed by atoms with Gasteiger partial charge >= 0.3 is 0 Å². The molecular weight excluding hydrogens is 420 g/mol. The maximum atomic E-state index is 13.0. The topological polar surface area (TPSA) is 96.9 Å². The van der Waals surface area contributed by atoms with E-state index in [1.54, 1.807) is 7.11 Å². The summed E-state index contributed by atoms with van der Waals surface area (Å²) in [7, 11) is 3.14. The van der Waals surface area contributed by atoms with E-state index in [1.807, 2.05) is 31.2 Å². The highest BCUT2D eigenvalue weighted by molar-refractivity contribution is 5.78. The number of rotatable bonds is 8. The van der Waals surface area contributed by atoms with Gasteiger partial charge in [-0.2, -0.15) is 0 Å². The third-order valence-electron chi connectivity index (χ3n) is 8.19. The number of hydrogen-bond acceptors (Lipinski definition) is 5. The maximum absolute atomic E-state index is 13.0. The highest BCUT2D eigenvalue weighted by Gasteiger charge is 2.53. The molecule has 1 aromatic rings. The van der Waals surface area contributed by atoms with Gasteiger partial charge in [-0.05, 0) is 66.5 Å². The van der Waals surface area contributed by atoms with Crippen molar-refractivity contribution in [1.29, 1.82) is 0 Å². The molecule has 33 heavy (non-hydrogen) atoms. The van der Waals surface area contributed by atoms with Crippen LogP contribution in [-0.2, 0) is 20.9 Å². The maximum Gasteiger partial charge on any atom is 0.246 e. The summed E-state index contributed by atoms with van der Waals surface area (Å²) in [5.74, 6) is 0.392. The Bertz CT molecular complexity index is 813. The lowest BCUT2D eigenvalue weighted by Crippen LogP contribution is -2.58. The number of benzene rings is 1. The van der Waals surface area contributed by atoms with Gasteiger partial charge in [-0.25, -0.2) is 0 Å². The van der Waals surface area contributed by atoms with E-state index in [1.165, 1.54) is 7.11 Å². The minimum atomic E-state index is -0.581. The Labute approximate surface area is 197 Å². The third-order valence-corrected chi connectivity index (χ3v) is 8.19. The first kappa shape index (κ1) is 25.5. The Kier molecular flexibility index (Phi) is 8.40. The third kappa shape index (κ3) is 5.69. The monoisotopic (exact) mass is 460 g/mol. The fraction of sp³-hybridized carbons (Fsp3) is 0.692. The van der Waals surface area contributed by atoms with Crippen molar-refractivity contribution in [3.05, 3.63) is 29.8 Å². The van der Waals surface area contributed by atoms with Crippen molar-refractivity contribution in [2.75, 3.05) is 20.8 Å². The molecule has 2 fully saturated rings. The van der Waals surface area contributed by atoms with E-state index < -0.39 is 6.10 Å². The number of nitrogens with one attached hydrogen (secondary N) is 2. The van der Waals surface area contributed by atoms with Crippen LogP contribution in [0.4, 0.5) is 0 Å². The first-order valence-electron chi connectivity index (χ1n) is 12.1. The molecular formula is C26H40N2O5. The molecule has 2 amide bonds. The Hall–Kier alpha value is -2.12. The van der Waals surface area contributed by atoms with Gasteiger partial charge in [0.05, 0.1) is 13.2 Å². The van der Waals surface area contributed by atoms with Crippen LogP contribution in [-0.4, -0.2) is 49.9 Å². The van der Waals surface area contributed by atoms with Gasteiger partial charge < -0.3 is 25.2 Å². The zero-order valence-electron chi connectivity index (χ0n) is 20.6. The number of fused-ring (bicyclic) bond motifs is 1. The summed E-state index contributed by atoms with van der Waals surface area (Å²) >= 11 is 0. The Morgan fingerprint density at radius 2 is 1.85 bits per heavy atom. The lowest BCUT2D eigenvalue weighted by molar-refractivity contribution is -0.144. The number of hydrogen-bond donors (Lipinski definition) is 3. The smallest absolute Gasteiger partial charge is 0.246 e. The first-order valence-corrected chi connectivity index (χ1v) is 12.1. The molecule has 0 spiro atoms. The van der Waals surface area contributed by atoms with Crippen LogP contribution in [0.5, 0.6) is 5.75 Å². The van der Waals surface area contributed by atoms with E-state index in [-0.39, 0.29) is 53.5 Å². The van der Waals surface area contributed by atoms with Crippen molar-refractivity contribution in [3.8, 4) is 5.75 Å². The second-order valence-corrected chi connectivity index (χ2v) is 10.2. The predicted molar refractivity (Wildman–Crippen MR) is 127 cm³/mol. The fourth-order valence-corrected chi connectivity index (χ4v) is 6.17. The molecule has 7 atom stereocenters. The Morgan fingerprint density at radius 1 is 1.18 bits per heavy atom. The van der Waals surface area contributed by atoms with E-state index in [0.717, 1.165) is 37.0 Å². The molecule has 0 radical (unpaired) electrons. The van der Waals surface area contributed by atoms with Crippen LogP contribution in [0.1, 0.15) is 52.0 Å². The lowest BCUT2D eigenvalue weighted by Gasteiger charge is -2.56.